The van der Waals surface area contributed by atoms with Crippen LogP contribution >= 0.6 is 22.6 Å². The molecule has 2 heteroatoms. The Bertz CT molecular complexity index is 245. The normalized spacial score (nSPS) is 10.7. The minimum absolute atomic E-state index is 1.13. The predicted octanol–water partition coefficient (Wildman–Crippen LogP) is 2.40. The largest absolute Gasteiger partial charge is 0.309 e. The van der Waals surface area contributed by atoms with Gasteiger partial charge in [-0.3, -0.25) is 0 Å². The SMILES string of the molecule is CN(C)CCc1ccccc1I. The summed E-state index contributed by atoms with van der Waals surface area (Å²) in [5.74, 6) is 0. The zero-order valence-corrected chi connectivity index (χ0v) is 9.71. The molecule has 12 heavy (non-hydrogen) atoms. The van der Waals surface area contributed by atoms with E-state index < -0.39 is 0 Å². The van der Waals surface area contributed by atoms with Crippen LogP contribution in [0.15, 0.2) is 24.3 Å². The van der Waals surface area contributed by atoms with Crippen LogP contribution in [0.5, 0.6) is 0 Å². The molecule has 66 valence electrons. The maximum absolute atomic E-state index is 2.39. The summed E-state index contributed by atoms with van der Waals surface area (Å²) in [7, 11) is 4.21. The standard InChI is InChI=1S/C10H14IN/c1-12(2)8-7-9-5-3-4-6-10(9)11/h3-6H,7-8H2,1-2H3. The van der Waals surface area contributed by atoms with E-state index in [1.807, 2.05) is 0 Å². The molecule has 1 rings (SSSR count). The van der Waals surface area contributed by atoms with Gasteiger partial charge in [-0.1, -0.05) is 18.2 Å². The van der Waals surface area contributed by atoms with Crippen molar-refractivity contribution in [1.29, 1.82) is 0 Å². The topological polar surface area (TPSA) is 3.24 Å². The van der Waals surface area contributed by atoms with Crippen molar-refractivity contribution in [3.05, 3.63) is 33.4 Å². The molecule has 0 atom stereocenters. The third kappa shape index (κ3) is 3.11. The minimum atomic E-state index is 1.13. The highest BCUT2D eigenvalue weighted by Crippen LogP contribution is 2.11. The van der Waals surface area contributed by atoms with Gasteiger partial charge in [-0.25, -0.2) is 0 Å². The van der Waals surface area contributed by atoms with E-state index in [1.165, 1.54) is 9.13 Å². The average molecular weight is 275 g/mol. The van der Waals surface area contributed by atoms with Gasteiger partial charge >= 0.3 is 0 Å². The summed E-state index contributed by atoms with van der Waals surface area (Å²) in [6.07, 6.45) is 1.14. The molecular formula is C10H14IN. The Morgan fingerprint density at radius 2 is 1.92 bits per heavy atom. The van der Waals surface area contributed by atoms with Crippen LogP contribution in [-0.4, -0.2) is 25.5 Å². The van der Waals surface area contributed by atoms with Crippen LogP contribution < -0.4 is 0 Å². The van der Waals surface area contributed by atoms with Crippen molar-refractivity contribution in [2.75, 3.05) is 20.6 Å². The second-order valence-corrected chi connectivity index (χ2v) is 4.31. The van der Waals surface area contributed by atoms with E-state index in [1.54, 1.807) is 0 Å². The van der Waals surface area contributed by atoms with E-state index in [9.17, 15) is 0 Å². The molecule has 0 amide bonds. The van der Waals surface area contributed by atoms with Gasteiger partial charge in [0.25, 0.3) is 0 Å². The minimum Gasteiger partial charge on any atom is -0.309 e. The average Bonchev–Trinajstić information content (AvgIpc) is 2.03. The smallest absolute Gasteiger partial charge is 0.0162 e. The Kier molecular flexibility index (Phi) is 4.01. The van der Waals surface area contributed by atoms with Crippen LogP contribution in [0, 0.1) is 3.57 Å². The van der Waals surface area contributed by atoms with Crippen LogP contribution in [0.3, 0.4) is 0 Å². The Labute approximate surface area is 87.9 Å². The molecule has 0 saturated carbocycles. The van der Waals surface area contributed by atoms with Gasteiger partial charge in [-0.15, -0.1) is 0 Å². The quantitative estimate of drug-likeness (QED) is 0.766. The van der Waals surface area contributed by atoms with Crippen LogP contribution in [0.2, 0.25) is 0 Å². The lowest BCUT2D eigenvalue weighted by atomic mass is 10.1. The van der Waals surface area contributed by atoms with Crippen molar-refractivity contribution in [3.63, 3.8) is 0 Å². The summed E-state index contributed by atoms with van der Waals surface area (Å²) in [6.45, 7) is 1.13. The first-order valence-corrected chi connectivity index (χ1v) is 5.16. The molecule has 0 aliphatic rings. The maximum atomic E-state index is 2.39. The second kappa shape index (κ2) is 4.82. The molecule has 0 bridgehead atoms. The molecule has 1 aromatic carbocycles. The fraction of sp³-hybridized carbons (Fsp3) is 0.400. The van der Waals surface area contributed by atoms with Crippen LogP contribution in [0.25, 0.3) is 0 Å². The van der Waals surface area contributed by atoms with Gasteiger partial charge < -0.3 is 4.90 Å². The highest BCUT2D eigenvalue weighted by Gasteiger charge is 1.97. The zero-order chi connectivity index (χ0) is 8.97. The number of benzene rings is 1. The van der Waals surface area contributed by atoms with E-state index in [2.05, 4.69) is 65.9 Å². The van der Waals surface area contributed by atoms with Crippen molar-refractivity contribution in [2.24, 2.45) is 0 Å². The van der Waals surface area contributed by atoms with Gasteiger partial charge in [-0.05, 0) is 54.7 Å². The molecule has 1 nitrogen and oxygen atoms in total. The van der Waals surface area contributed by atoms with Gasteiger partial charge in [0.15, 0.2) is 0 Å². The van der Waals surface area contributed by atoms with E-state index in [-0.39, 0.29) is 0 Å². The molecule has 0 spiro atoms. The fourth-order valence-electron chi connectivity index (χ4n) is 1.05. The number of likely N-dealkylation sites (N-methyl/N-ethyl adjacent to an activating group) is 1. The van der Waals surface area contributed by atoms with Crippen LogP contribution in [0.1, 0.15) is 5.56 Å². The van der Waals surface area contributed by atoms with Crippen molar-refractivity contribution in [3.8, 4) is 0 Å². The molecular weight excluding hydrogens is 261 g/mol. The maximum Gasteiger partial charge on any atom is 0.0162 e. The molecule has 0 radical (unpaired) electrons. The van der Waals surface area contributed by atoms with Gasteiger partial charge in [0, 0.05) is 10.1 Å². The fourth-order valence-corrected chi connectivity index (χ4v) is 1.70. The summed E-state index contributed by atoms with van der Waals surface area (Å²) in [5.41, 5.74) is 1.45. The summed E-state index contributed by atoms with van der Waals surface area (Å²) in [5, 5.41) is 0. The molecule has 0 saturated heterocycles. The van der Waals surface area contributed by atoms with Crippen molar-refractivity contribution in [1.82, 2.24) is 4.90 Å². The Morgan fingerprint density at radius 3 is 2.50 bits per heavy atom. The number of rotatable bonds is 3. The Balaban J connectivity index is 2.57. The zero-order valence-electron chi connectivity index (χ0n) is 7.55. The third-order valence-electron chi connectivity index (χ3n) is 1.79. The molecule has 0 aliphatic heterocycles. The number of hydrogen-bond donors (Lipinski definition) is 0. The first-order chi connectivity index (χ1) is 5.70. The molecule has 0 heterocycles. The summed E-state index contributed by atoms with van der Waals surface area (Å²) in [6, 6.07) is 8.55. The van der Waals surface area contributed by atoms with E-state index in [0.717, 1.165) is 13.0 Å². The number of nitrogens with zero attached hydrogens (tertiary/aromatic N) is 1. The van der Waals surface area contributed by atoms with Gasteiger partial charge in [-0.2, -0.15) is 0 Å². The summed E-state index contributed by atoms with van der Waals surface area (Å²) >= 11 is 2.39. The molecule has 0 unspecified atom stereocenters. The lowest BCUT2D eigenvalue weighted by Crippen LogP contribution is -2.15. The van der Waals surface area contributed by atoms with E-state index >= 15 is 0 Å². The van der Waals surface area contributed by atoms with Crippen molar-refractivity contribution < 1.29 is 0 Å². The molecule has 0 fully saturated rings. The van der Waals surface area contributed by atoms with Gasteiger partial charge in [0.1, 0.15) is 0 Å². The van der Waals surface area contributed by atoms with Gasteiger partial charge in [0.05, 0.1) is 0 Å². The summed E-state index contributed by atoms with van der Waals surface area (Å²) in [4.78, 5) is 2.21. The number of halogens is 1. The first kappa shape index (κ1) is 9.99. The second-order valence-electron chi connectivity index (χ2n) is 3.14. The Hall–Kier alpha value is -0.0900. The van der Waals surface area contributed by atoms with Crippen LogP contribution in [0.4, 0.5) is 0 Å². The van der Waals surface area contributed by atoms with Crippen LogP contribution in [-0.2, 0) is 6.42 Å². The third-order valence-corrected chi connectivity index (χ3v) is 2.84. The molecule has 0 N–H and O–H groups in total. The van der Waals surface area contributed by atoms with Crippen molar-refractivity contribution >= 4 is 22.6 Å². The van der Waals surface area contributed by atoms with Crippen molar-refractivity contribution in [2.45, 2.75) is 6.42 Å². The Morgan fingerprint density at radius 1 is 1.25 bits per heavy atom. The van der Waals surface area contributed by atoms with Gasteiger partial charge in [0.2, 0.25) is 0 Å². The molecule has 1 aromatic rings. The number of hydrogen-bond acceptors (Lipinski definition) is 1. The first-order valence-electron chi connectivity index (χ1n) is 4.08. The monoisotopic (exact) mass is 275 g/mol. The van der Waals surface area contributed by atoms with E-state index in [0.29, 0.717) is 0 Å². The lowest BCUT2D eigenvalue weighted by Gasteiger charge is -2.09. The molecule has 0 aliphatic carbocycles. The lowest BCUT2D eigenvalue weighted by molar-refractivity contribution is 0.413. The highest BCUT2D eigenvalue weighted by atomic mass is 127. The molecule has 0 aromatic heterocycles. The predicted molar refractivity (Wildman–Crippen MR) is 61.4 cm³/mol. The highest BCUT2D eigenvalue weighted by molar-refractivity contribution is 14.1. The van der Waals surface area contributed by atoms with E-state index in [4.69, 9.17) is 0 Å². The summed E-state index contributed by atoms with van der Waals surface area (Å²) < 4.78 is 1.37.